The SMILES string of the molecule is Brc1cnc2[nH]c(C3CCCCC3)cc2n1.Cn1nc(C(F)(F)F)cc1-c1cnc2[nH]c(C3CCCCC3)cc2n1.Cn1nc(C(F)(F)F)cc1-c1cnc2[nH]c(C3CCCCC3)cc2n1.Nc1ncc(Br)nc1Br.Nc1ncc(Br)nc1C#CC1CCCCC1. The van der Waals surface area contributed by atoms with Crippen molar-refractivity contribution in [1.29, 1.82) is 0 Å². The van der Waals surface area contributed by atoms with E-state index >= 15 is 0 Å². The highest BCUT2D eigenvalue weighted by molar-refractivity contribution is 9.11. The van der Waals surface area contributed by atoms with E-state index in [2.05, 4.69) is 157 Å². The number of hydrogen-bond donors (Lipinski definition) is 5. The van der Waals surface area contributed by atoms with Crippen LogP contribution in [0.3, 0.4) is 0 Å². The van der Waals surface area contributed by atoms with Crippen molar-refractivity contribution in [2.45, 2.75) is 159 Å². The highest BCUT2D eigenvalue weighted by Crippen LogP contribution is 2.38. The van der Waals surface area contributed by atoms with Gasteiger partial charge in [-0.15, -0.1) is 0 Å². The predicted molar refractivity (Wildman–Crippen MR) is 351 cm³/mol. The molecule has 14 rings (SSSR count). The third kappa shape index (κ3) is 17.8. The van der Waals surface area contributed by atoms with E-state index in [1.165, 1.54) is 144 Å². The average molecular weight is 1510 g/mol. The molecule has 4 aliphatic rings. The lowest BCUT2D eigenvalue weighted by Gasteiger charge is -2.19. The number of aryl methyl sites for hydroxylation is 2. The number of H-pyrrole nitrogens is 3. The van der Waals surface area contributed by atoms with Crippen molar-refractivity contribution < 1.29 is 26.3 Å². The number of rotatable bonds is 5. The largest absolute Gasteiger partial charge is 0.435 e. The van der Waals surface area contributed by atoms with Crippen LogP contribution in [0.4, 0.5) is 38.0 Å². The number of fused-ring (bicyclic) bond motifs is 3. The summed E-state index contributed by atoms with van der Waals surface area (Å²) in [6, 6.07) is 8.11. The number of alkyl halides is 6. The normalized spacial score (nSPS) is 16.2. The number of aromatic amines is 3. The fourth-order valence-corrected chi connectivity index (χ4v) is 13.2. The Bertz CT molecular complexity index is 3990. The van der Waals surface area contributed by atoms with Crippen molar-refractivity contribution >= 4 is 109 Å². The van der Waals surface area contributed by atoms with Crippen LogP contribution in [0.5, 0.6) is 0 Å². The fraction of sp³-hybridized carbons (Fsp3) is 0.452. The first-order valence-electron chi connectivity index (χ1n) is 30.3. The maximum Gasteiger partial charge on any atom is 0.435 e. The summed E-state index contributed by atoms with van der Waals surface area (Å²) in [7, 11) is 2.95. The van der Waals surface area contributed by atoms with Crippen LogP contribution in [0.15, 0.2) is 79.7 Å². The van der Waals surface area contributed by atoms with Gasteiger partial charge in [0.15, 0.2) is 45.7 Å². The molecular formula is C62H67Br4F6N19. The quantitative estimate of drug-likeness (QED) is 0.0793. The molecule has 0 amide bonds. The molecule has 4 aliphatic carbocycles. The molecule has 0 atom stereocenters. The van der Waals surface area contributed by atoms with Crippen LogP contribution < -0.4 is 11.5 Å². The van der Waals surface area contributed by atoms with Crippen LogP contribution in [0.2, 0.25) is 0 Å². The molecule has 0 saturated heterocycles. The van der Waals surface area contributed by atoms with Crippen LogP contribution in [-0.2, 0) is 26.4 Å². The third-order valence-electron chi connectivity index (χ3n) is 16.5. The minimum absolute atomic E-state index is 0.294. The Morgan fingerprint density at radius 3 is 1.21 bits per heavy atom. The lowest BCUT2D eigenvalue weighted by molar-refractivity contribution is -0.142. The van der Waals surface area contributed by atoms with Crippen molar-refractivity contribution in [2.24, 2.45) is 20.0 Å². The number of aromatic nitrogens is 17. The van der Waals surface area contributed by atoms with Crippen molar-refractivity contribution in [3.8, 4) is 34.6 Å². The van der Waals surface area contributed by atoms with Gasteiger partial charge in [-0.3, -0.25) is 9.36 Å². The summed E-state index contributed by atoms with van der Waals surface area (Å²) in [6.45, 7) is 0. The average Bonchev–Trinajstić information content (AvgIpc) is 2.47. The Labute approximate surface area is 554 Å². The molecule has 0 unspecified atom stereocenters. The first-order valence-corrected chi connectivity index (χ1v) is 33.5. The summed E-state index contributed by atoms with van der Waals surface area (Å²) in [6.07, 6.45) is 24.0. The number of nitrogen functional groups attached to an aromatic ring is 2. The van der Waals surface area contributed by atoms with Crippen LogP contribution in [-0.4, -0.2) is 84.4 Å². The van der Waals surface area contributed by atoms with E-state index in [0.29, 0.717) is 99.9 Å². The maximum atomic E-state index is 12.8. The van der Waals surface area contributed by atoms with Crippen LogP contribution in [0.25, 0.3) is 56.3 Å². The summed E-state index contributed by atoms with van der Waals surface area (Å²) < 4.78 is 82.1. The fourth-order valence-electron chi connectivity index (χ4n) is 11.8. The van der Waals surface area contributed by atoms with Gasteiger partial charge in [-0.2, -0.15) is 36.5 Å². The maximum absolute atomic E-state index is 12.8. The Balaban J connectivity index is 0.000000130. The molecule has 10 aromatic heterocycles. The van der Waals surface area contributed by atoms with E-state index < -0.39 is 23.7 Å². The topological polar surface area (TPSA) is 264 Å². The van der Waals surface area contributed by atoms with Gasteiger partial charge in [-0.25, -0.2) is 49.8 Å². The van der Waals surface area contributed by atoms with E-state index in [9.17, 15) is 26.3 Å². The lowest BCUT2D eigenvalue weighted by Crippen LogP contribution is -2.06. The van der Waals surface area contributed by atoms with Gasteiger partial charge < -0.3 is 26.4 Å². The van der Waals surface area contributed by atoms with Gasteiger partial charge in [0, 0.05) is 37.1 Å². The first kappa shape index (κ1) is 67.0. The second-order valence-electron chi connectivity index (χ2n) is 23.1. The van der Waals surface area contributed by atoms with Gasteiger partial charge in [-0.05, 0) is 169 Å². The number of hydrogen-bond acceptors (Lipinski definition) is 14. The molecule has 0 spiro atoms. The van der Waals surface area contributed by atoms with Crippen molar-refractivity contribution in [2.75, 3.05) is 11.5 Å². The zero-order chi connectivity index (χ0) is 64.4. The van der Waals surface area contributed by atoms with Crippen molar-refractivity contribution in [3.63, 3.8) is 0 Å². The van der Waals surface area contributed by atoms with E-state index in [4.69, 9.17) is 11.5 Å². The molecule has 0 bridgehead atoms. The summed E-state index contributed by atoms with van der Waals surface area (Å²) in [5, 5.41) is 7.07. The molecule has 480 valence electrons. The molecule has 0 aliphatic heterocycles. The lowest BCUT2D eigenvalue weighted by atomic mass is 9.87. The molecule has 0 aromatic carbocycles. The number of halogens is 10. The smallest absolute Gasteiger partial charge is 0.381 e. The van der Waals surface area contributed by atoms with Crippen LogP contribution in [0, 0.1) is 17.8 Å². The molecular weight excluding hydrogens is 1440 g/mol. The van der Waals surface area contributed by atoms with Gasteiger partial charge in [0.1, 0.15) is 46.4 Å². The minimum atomic E-state index is -4.48. The Morgan fingerprint density at radius 1 is 0.451 bits per heavy atom. The first-order chi connectivity index (χ1) is 43.6. The molecule has 10 heterocycles. The van der Waals surface area contributed by atoms with E-state index in [-0.39, 0.29) is 0 Å². The van der Waals surface area contributed by atoms with Gasteiger partial charge in [0.05, 0.1) is 42.4 Å². The van der Waals surface area contributed by atoms with E-state index in [1.807, 2.05) is 12.1 Å². The highest BCUT2D eigenvalue weighted by Gasteiger charge is 2.36. The van der Waals surface area contributed by atoms with Crippen LogP contribution >= 0.6 is 63.7 Å². The van der Waals surface area contributed by atoms with Gasteiger partial charge in [0.25, 0.3) is 0 Å². The molecule has 91 heavy (non-hydrogen) atoms. The monoisotopic (exact) mass is 1510 g/mol. The van der Waals surface area contributed by atoms with Gasteiger partial charge >= 0.3 is 12.4 Å². The van der Waals surface area contributed by atoms with Gasteiger partial charge in [-0.1, -0.05) is 83.0 Å². The zero-order valence-electron chi connectivity index (χ0n) is 49.9. The number of anilines is 2. The number of nitrogens with one attached hydrogen (secondary N) is 3. The summed E-state index contributed by atoms with van der Waals surface area (Å²) in [5.74, 6) is 9.27. The van der Waals surface area contributed by atoms with E-state index in [1.54, 1.807) is 18.6 Å². The molecule has 29 heteroatoms. The van der Waals surface area contributed by atoms with Gasteiger partial charge in [0.2, 0.25) is 0 Å². The predicted octanol–water partition coefficient (Wildman–Crippen LogP) is 17.0. The van der Waals surface area contributed by atoms with Crippen molar-refractivity contribution in [1.82, 2.24) is 84.4 Å². The Hall–Kier alpha value is -6.90. The molecule has 0 radical (unpaired) electrons. The summed E-state index contributed by atoms with van der Waals surface area (Å²) in [4.78, 5) is 52.4. The summed E-state index contributed by atoms with van der Waals surface area (Å²) >= 11 is 12.9. The Kier molecular flexibility index (Phi) is 22.3. The minimum Gasteiger partial charge on any atom is -0.381 e. The Morgan fingerprint density at radius 2 is 0.813 bits per heavy atom. The second kappa shape index (κ2) is 30.2. The third-order valence-corrected chi connectivity index (χ3v) is 18.3. The highest BCUT2D eigenvalue weighted by atomic mass is 79.9. The second-order valence-corrected chi connectivity index (χ2v) is 26.2. The van der Waals surface area contributed by atoms with E-state index in [0.717, 1.165) is 65.0 Å². The zero-order valence-corrected chi connectivity index (χ0v) is 56.3. The summed E-state index contributed by atoms with van der Waals surface area (Å²) in [5.41, 5.74) is 19.2. The standard InChI is InChI=1S/2C17H18F3N5.2C12H14BrN3.C4H3Br2N3/c2*1-25-14(8-15(24-25)17(18,19)20)13-9-21-16-12(22-13)7-11(23-16)10-5-3-2-4-6-10;13-11-7-14-12-10(15-11)6-9(16-12)8-4-2-1-3-5-8;13-11-8-15-12(14)10(16-11)7-6-9-4-2-1-3-5-9;5-2-1-8-4(7)3(6)9-2/h2*7-10H,2-6H2,1H3,(H,21,23);6-8H,1-5H2,(H,14,16);8-9H,1-5H2,(H2,14,15);1H,(H2,7,8). The molecule has 7 N–H and O–H groups in total. The molecule has 19 nitrogen and oxygen atoms in total. The number of nitrogens with zero attached hydrogens (tertiary/aromatic N) is 14. The van der Waals surface area contributed by atoms with Crippen molar-refractivity contribution in [3.05, 3.63) is 114 Å². The number of nitrogens with two attached hydrogens (primary N) is 2. The molecule has 4 fully saturated rings. The van der Waals surface area contributed by atoms with Crippen LogP contribution in [0.1, 0.15) is 180 Å². The molecule has 10 aromatic rings. The molecule has 4 saturated carbocycles.